The summed E-state index contributed by atoms with van der Waals surface area (Å²) < 4.78 is 5.44. The lowest BCUT2D eigenvalue weighted by molar-refractivity contribution is -0.143. The quantitative estimate of drug-likeness (QED) is 0.0430. The SMILES string of the molecule is CCCCCCCCCCCCCC(=O)OCCCCCCCCCCCCCCCC(=O)NC(CO)C(O)CCCCCCCCCCCC. The van der Waals surface area contributed by atoms with Gasteiger partial charge in [0.15, 0.2) is 0 Å². The number of carbonyl (C=O) groups excluding carboxylic acids is 2. The van der Waals surface area contributed by atoms with E-state index in [4.69, 9.17) is 4.74 Å². The summed E-state index contributed by atoms with van der Waals surface area (Å²) in [7, 11) is 0. The molecule has 2 unspecified atom stereocenters. The van der Waals surface area contributed by atoms with Gasteiger partial charge in [-0.1, -0.05) is 213 Å². The standard InChI is InChI=1S/C45H89NO5/c1-3-5-7-9-11-13-18-23-27-31-35-39-45(50)51-40-36-32-28-24-20-17-15-16-19-22-26-30-34-38-44(49)46-42(41-47)43(48)37-33-29-25-21-14-12-10-8-6-4-2/h42-43,47-48H,3-41H2,1-2H3,(H,46,49). The van der Waals surface area contributed by atoms with Crippen LogP contribution in [-0.4, -0.2) is 47.4 Å². The molecule has 304 valence electrons. The Bertz CT molecular complexity index is 717. The first kappa shape index (κ1) is 49.9. The van der Waals surface area contributed by atoms with Gasteiger partial charge in [-0.15, -0.1) is 0 Å². The zero-order valence-electron chi connectivity index (χ0n) is 34.4. The van der Waals surface area contributed by atoms with Crippen LogP contribution in [0.2, 0.25) is 0 Å². The second kappa shape index (κ2) is 41.6. The third-order valence-electron chi connectivity index (χ3n) is 10.7. The Morgan fingerprint density at radius 3 is 1.20 bits per heavy atom. The number of nitrogens with one attached hydrogen (secondary N) is 1. The van der Waals surface area contributed by atoms with Gasteiger partial charge in [-0.05, 0) is 25.7 Å². The zero-order valence-corrected chi connectivity index (χ0v) is 34.4. The van der Waals surface area contributed by atoms with Crippen LogP contribution in [0.3, 0.4) is 0 Å². The van der Waals surface area contributed by atoms with Gasteiger partial charge >= 0.3 is 5.97 Å². The first-order valence-corrected chi connectivity index (χ1v) is 22.8. The van der Waals surface area contributed by atoms with E-state index in [0.29, 0.717) is 25.9 Å². The van der Waals surface area contributed by atoms with Crippen LogP contribution in [0.4, 0.5) is 0 Å². The minimum Gasteiger partial charge on any atom is -0.466 e. The van der Waals surface area contributed by atoms with Crippen molar-refractivity contribution < 1.29 is 24.5 Å². The Morgan fingerprint density at radius 1 is 0.471 bits per heavy atom. The van der Waals surface area contributed by atoms with E-state index < -0.39 is 12.1 Å². The van der Waals surface area contributed by atoms with Gasteiger partial charge in [0.05, 0.1) is 25.4 Å². The molecule has 0 bridgehead atoms. The maximum atomic E-state index is 12.4. The van der Waals surface area contributed by atoms with Crippen molar-refractivity contribution >= 4 is 11.9 Å². The molecule has 6 heteroatoms. The summed E-state index contributed by atoms with van der Waals surface area (Å²) in [5.41, 5.74) is 0. The molecule has 0 aromatic heterocycles. The lowest BCUT2D eigenvalue weighted by Gasteiger charge is -2.22. The lowest BCUT2D eigenvalue weighted by Crippen LogP contribution is -2.45. The van der Waals surface area contributed by atoms with Crippen LogP contribution in [-0.2, 0) is 14.3 Å². The van der Waals surface area contributed by atoms with Gasteiger partial charge in [-0.3, -0.25) is 9.59 Å². The summed E-state index contributed by atoms with van der Waals surface area (Å²) in [6.07, 6.45) is 43.4. The van der Waals surface area contributed by atoms with Gasteiger partial charge < -0.3 is 20.3 Å². The molecule has 0 fully saturated rings. The van der Waals surface area contributed by atoms with Crippen LogP contribution in [0.5, 0.6) is 0 Å². The highest BCUT2D eigenvalue weighted by Crippen LogP contribution is 2.16. The molecule has 0 heterocycles. The second-order valence-corrected chi connectivity index (χ2v) is 15.7. The summed E-state index contributed by atoms with van der Waals surface area (Å²) in [5, 5.41) is 23.0. The summed E-state index contributed by atoms with van der Waals surface area (Å²) >= 11 is 0. The average molecular weight is 724 g/mol. The molecule has 51 heavy (non-hydrogen) atoms. The van der Waals surface area contributed by atoms with E-state index in [2.05, 4.69) is 19.2 Å². The molecule has 0 aliphatic carbocycles. The summed E-state index contributed by atoms with van der Waals surface area (Å²) in [6.45, 7) is 4.90. The van der Waals surface area contributed by atoms with Crippen LogP contribution >= 0.6 is 0 Å². The van der Waals surface area contributed by atoms with Gasteiger partial charge in [-0.2, -0.15) is 0 Å². The van der Waals surface area contributed by atoms with Crippen molar-refractivity contribution in [2.24, 2.45) is 0 Å². The monoisotopic (exact) mass is 724 g/mol. The first-order valence-electron chi connectivity index (χ1n) is 22.8. The predicted octanol–water partition coefficient (Wildman–Crippen LogP) is 12.8. The minimum absolute atomic E-state index is 0.00596. The number of aliphatic hydroxyl groups is 2. The third kappa shape index (κ3) is 38.4. The molecule has 0 saturated carbocycles. The van der Waals surface area contributed by atoms with Crippen molar-refractivity contribution in [1.29, 1.82) is 0 Å². The minimum atomic E-state index is -0.668. The molecule has 0 aliphatic heterocycles. The van der Waals surface area contributed by atoms with E-state index in [1.165, 1.54) is 167 Å². The van der Waals surface area contributed by atoms with E-state index in [1.807, 2.05) is 0 Å². The van der Waals surface area contributed by atoms with Crippen LogP contribution in [0.1, 0.15) is 251 Å². The van der Waals surface area contributed by atoms with Gasteiger partial charge in [0.1, 0.15) is 0 Å². The van der Waals surface area contributed by atoms with Crippen molar-refractivity contribution in [3.8, 4) is 0 Å². The molecule has 0 spiro atoms. The van der Waals surface area contributed by atoms with Crippen molar-refractivity contribution in [3.05, 3.63) is 0 Å². The number of unbranched alkanes of at least 4 members (excludes halogenated alkanes) is 31. The molecule has 3 N–H and O–H groups in total. The largest absolute Gasteiger partial charge is 0.466 e. The number of hydrogen-bond donors (Lipinski definition) is 3. The van der Waals surface area contributed by atoms with E-state index >= 15 is 0 Å². The topological polar surface area (TPSA) is 95.9 Å². The molecule has 6 nitrogen and oxygen atoms in total. The fraction of sp³-hybridized carbons (Fsp3) is 0.956. The fourth-order valence-electron chi connectivity index (χ4n) is 7.11. The number of aliphatic hydroxyl groups excluding tert-OH is 2. The average Bonchev–Trinajstić information content (AvgIpc) is 3.13. The van der Waals surface area contributed by atoms with Crippen molar-refractivity contribution in [2.45, 2.75) is 264 Å². The van der Waals surface area contributed by atoms with Crippen LogP contribution < -0.4 is 5.32 Å². The lowest BCUT2D eigenvalue weighted by atomic mass is 10.0. The molecule has 1 amide bonds. The van der Waals surface area contributed by atoms with Crippen molar-refractivity contribution in [1.82, 2.24) is 5.32 Å². The van der Waals surface area contributed by atoms with Crippen molar-refractivity contribution in [2.75, 3.05) is 13.2 Å². The third-order valence-corrected chi connectivity index (χ3v) is 10.7. The van der Waals surface area contributed by atoms with E-state index in [-0.39, 0.29) is 18.5 Å². The number of amides is 1. The Morgan fingerprint density at radius 2 is 0.804 bits per heavy atom. The Hall–Kier alpha value is -1.14. The Balaban J connectivity index is 3.44. The molecule has 0 rings (SSSR count). The molecular formula is C45H89NO5. The fourth-order valence-corrected chi connectivity index (χ4v) is 7.11. The first-order chi connectivity index (χ1) is 25.0. The van der Waals surface area contributed by atoms with Crippen LogP contribution in [0.15, 0.2) is 0 Å². The molecule has 2 atom stereocenters. The highest BCUT2D eigenvalue weighted by Gasteiger charge is 2.20. The molecule has 0 saturated heterocycles. The maximum absolute atomic E-state index is 12.4. The van der Waals surface area contributed by atoms with E-state index in [0.717, 1.165) is 51.4 Å². The molecule has 0 aromatic carbocycles. The maximum Gasteiger partial charge on any atom is 0.305 e. The summed E-state index contributed by atoms with van der Waals surface area (Å²) in [6, 6.07) is -0.547. The summed E-state index contributed by atoms with van der Waals surface area (Å²) in [4.78, 5) is 24.3. The van der Waals surface area contributed by atoms with Gasteiger partial charge in [0.2, 0.25) is 5.91 Å². The Labute approximate surface area is 317 Å². The molecule has 0 radical (unpaired) electrons. The smallest absolute Gasteiger partial charge is 0.305 e. The van der Waals surface area contributed by atoms with Gasteiger partial charge in [0.25, 0.3) is 0 Å². The zero-order chi connectivity index (χ0) is 37.3. The van der Waals surface area contributed by atoms with Gasteiger partial charge in [0, 0.05) is 12.8 Å². The number of esters is 1. The number of carbonyl (C=O) groups is 2. The predicted molar refractivity (Wildman–Crippen MR) is 218 cm³/mol. The van der Waals surface area contributed by atoms with Crippen molar-refractivity contribution in [3.63, 3.8) is 0 Å². The number of ether oxygens (including phenoxy) is 1. The van der Waals surface area contributed by atoms with Gasteiger partial charge in [-0.25, -0.2) is 0 Å². The Kier molecular flexibility index (Phi) is 40.7. The van der Waals surface area contributed by atoms with Crippen LogP contribution in [0.25, 0.3) is 0 Å². The van der Waals surface area contributed by atoms with E-state index in [1.54, 1.807) is 0 Å². The van der Waals surface area contributed by atoms with Crippen LogP contribution in [0, 0.1) is 0 Å². The molecule has 0 aliphatic rings. The second-order valence-electron chi connectivity index (χ2n) is 15.7. The molecular weight excluding hydrogens is 634 g/mol. The van der Waals surface area contributed by atoms with E-state index in [9.17, 15) is 19.8 Å². The summed E-state index contributed by atoms with van der Waals surface area (Å²) in [5.74, 6) is -0.0550. The number of hydrogen-bond acceptors (Lipinski definition) is 5. The highest BCUT2D eigenvalue weighted by atomic mass is 16.5. The highest BCUT2D eigenvalue weighted by molar-refractivity contribution is 5.76. The normalized spacial score (nSPS) is 12.6. The molecule has 0 aromatic rings. The number of rotatable bonds is 42.